The Kier molecular flexibility index (Phi) is 7.73. The Labute approximate surface area is 145 Å². The van der Waals surface area contributed by atoms with Crippen molar-refractivity contribution in [1.82, 2.24) is 4.57 Å². The number of para-hydroxylation sites is 1. The monoisotopic (exact) mass is 327 g/mol. The second-order valence-corrected chi connectivity index (χ2v) is 6.56. The summed E-state index contributed by atoms with van der Waals surface area (Å²) in [6, 6.07) is 7.59. The molecule has 24 heavy (non-hydrogen) atoms. The summed E-state index contributed by atoms with van der Waals surface area (Å²) in [4.78, 5) is 23.6. The SMILES string of the molecule is CCCCCCCCCCCC(=O)n1cc(C=O)c2ccccc21. The van der Waals surface area contributed by atoms with E-state index in [9.17, 15) is 9.59 Å². The van der Waals surface area contributed by atoms with Crippen molar-refractivity contribution in [1.29, 1.82) is 0 Å². The van der Waals surface area contributed by atoms with Crippen LogP contribution in [0.4, 0.5) is 0 Å². The van der Waals surface area contributed by atoms with E-state index in [-0.39, 0.29) is 5.91 Å². The fraction of sp³-hybridized carbons (Fsp3) is 0.524. The van der Waals surface area contributed by atoms with Gasteiger partial charge >= 0.3 is 0 Å². The smallest absolute Gasteiger partial charge is 0.231 e. The van der Waals surface area contributed by atoms with Gasteiger partial charge in [0.2, 0.25) is 5.91 Å². The van der Waals surface area contributed by atoms with Crippen LogP contribution in [-0.4, -0.2) is 16.8 Å². The maximum absolute atomic E-state index is 12.4. The molecule has 0 saturated carbocycles. The Hall–Kier alpha value is -1.90. The Morgan fingerprint density at radius 3 is 2.25 bits per heavy atom. The summed E-state index contributed by atoms with van der Waals surface area (Å²) in [6.45, 7) is 2.24. The Bertz CT molecular complexity index is 657. The van der Waals surface area contributed by atoms with Crippen LogP contribution in [0.15, 0.2) is 30.5 Å². The summed E-state index contributed by atoms with van der Waals surface area (Å²) in [7, 11) is 0. The Balaban J connectivity index is 1.74. The number of carbonyl (C=O) groups excluding carboxylic acids is 2. The maximum atomic E-state index is 12.4. The number of hydrogen-bond donors (Lipinski definition) is 0. The highest BCUT2D eigenvalue weighted by Gasteiger charge is 2.12. The van der Waals surface area contributed by atoms with Gasteiger partial charge in [-0.2, -0.15) is 0 Å². The lowest BCUT2D eigenvalue weighted by molar-refractivity contribution is 0.0904. The molecule has 1 heterocycles. The molecular formula is C21H29NO2. The summed E-state index contributed by atoms with van der Waals surface area (Å²) >= 11 is 0. The van der Waals surface area contributed by atoms with Crippen LogP contribution in [0.5, 0.6) is 0 Å². The van der Waals surface area contributed by atoms with Crippen LogP contribution < -0.4 is 0 Å². The zero-order valence-electron chi connectivity index (χ0n) is 14.8. The zero-order valence-corrected chi connectivity index (χ0v) is 14.8. The molecule has 1 aromatic heterocycles. The van der Waals surface area contributed by atoms with Crippen molar-refractivity contribution < 1.29 is 9.59 Å². The van der Waals surface area contributed by atoms with Crippen molar-refractivity contribution in [3.05, 3.63) is 36.0 Å². The van der Waals surface area contributed by atoms with Crippen molar-refractivity contribution in [2.45, 2.75) is 71.1 Å². The van der Waals surface area contributed by atoms with Gasteiger partial charge in [-0.15, -0.1) is 0 Å². The average Bonchev–Trinajstić information content (AvgIpc) is 2.99. The minimum atomic E-state index is 0.0854. The number of carbonyl (C=O) groups is 2. The number of fused-ring (bicyclic) bond motifs is 1. The molecule has 0 radical (unpaired) electrons. The van der Waals surface area contributed by atoms with Gasteiger partial charge in [-0.05, 0) is 12.5 Å². The highest BCUT2D eigenvalue weighted by Crippen LogP contribution is 2.21. The van der Waals surface area contributed by atoms with Gasteiger partial charge in [0, 0.05) is 23.6 Å². The number of nitrogens with zero attached hydrogens (tertiary/aromatic N) is 1. The third-order valence-electron chi connectivity index (χ3n) is 4.63. The van der Waals surface area contributed by atoms with E-state index in [2.05, 4.69) is 6.92 Å². The van der Waals surface area contributed by atoms with E-state index in [0.717, 1.165) is 30.0 Å². The van der Waals surface area contributed by atoms with E-state index in [1.165, 1.54) is 44.9 Å². The highest BCUT2D eigenvalue weighted by atomic mass is 16.2. The molecule has 0 amide bonds. The van der Waals surface area contributed by atoms with Gasteiger partial charge in [0.25, 0.3) is 0 Å². The number of aldehydes is 1. The molecule has 2 rings (SSSR count). The highest BCUT2D eigenvalue weighted by molar-refractivity contribution is 6.02. The maximum Gasteiger partial charge on any atom is 0.231 e. The quantitative estimate of drug-likeness (QED) is 0.374. The summed E-state index contributed by atoms with van der Waals surface area (Å²) in [5.41, 5.74) is 1.42. The first-order valence-electron chi connectivity index (χ1n) is 9.36. The van der Waals surface area contributed by atoms with Gasteiger partial charge in [0.1, 0.15) is 0 Å². The predicted octanol–water partition coefficient (Wildman–Crippen LogP) is 6.01. The van der Waals surface area contributed by atoms with Gasteiger partial charge in [0.05, 0.1) is 5.52 Å². The first kappa shape index (κ1) is 18.4. The van der Waals surface area contributed by atoms with Crippen LogP contribution in [0.3, 0.4) is 0 Å². The van der Waals surface area contributed by atoms with E-state index in [1.807, 2.05) is 24.3 Å². The van der Waals surface area contributed by atoms with Crippen molar-refractivity contribution in [2.24, 2.45) is 0 Å². The molecule has 0 aliphatic heterocycles. The Morgan fingerprint density at radius 1 is 0.958 bits per heavy atom. The van der Waals surface area contributed by atoms with Gasteiger partial charge < -0.3 is 0 Å². The van der Waals surface area contributed by atoms with E-state index in [0.29, 0.717) is 12.0 Å². The molecule has 0 unspecified atom stereocenters. The second-order valence-electron chi connectivity index (χ2n) is 6.56. The molecule has 0 aliphatic carbocycles. The topological polar surface area (TPSA) is 39.1 Å². The molecule has 0 spiro atoms. The molecular weight excluding hydrogens is 298 g/mol. The normalized spacial score (nSPS) is 11.0. The first-order valence-corrected chi connectivity index (χ1v) is 9.36. The number of hydrogen-bond acceptors (Lipinski definition) is 2. The van der Waals surface area contributed by atoms with Gasteiger partial charge in [-0.25, -0.2) is 0 Å². The minimum Gasteiger partial charge on any atom is -0.298 e. The molecule has 0 aliphatic rings. The van der Waals surface area contributed by atoms with Crippen LogP contribution in [0, 0.1) is 0 Å². The fourth-order valence-electron chi connectivity index (χ4n) is 3.21. The van der Waals surface area contributed by atoms with Crippen LogP contribution in [0.2, 0.25) is 0 Å². The fourth-order valence-corrected chi connectivity index (χ4v) is 3.21. The predicted molar refractivity (Wildman–Crippen MR) is 99.8 cm³/mol. The molecule has 2 aromatic rings. The lowest BCUT2D eigenvalue weighted by atomic mass is 10.1. The summed E-state index contributed by atoms with van der Waals surface area (Å²) in [5.74, 6) is 0.0854. The summed E-state index contributed by atoms with van der Waals surface area (Å²) < 4.78 is 1.64. The second kappa shape index (κ2) is 10.1. The zero-order chi connectivity index (χ0) is 17.2. The first-order chi connectivity index (χ1) is 11.8. The van der Waals surface area contributed by atoms with Crippen molar-refractivity contribution in [3.8, 4) is 0 Å². The molecule has 0 N–H and O–H groups in total. The molecule has 130 valence electrons. The van der Waals surface area contributed by atoms with Crippen molar-refractivity contribution in [3.63, 3.8) is 0 Å². The van der Waals surface area contributed by atoms with Crippen molar-refractivity contribution >= 4 is 23.1 Å². The lowest BCUT2D eigenvalue weighted by Gasteiger charge is -2.04. The van der Waals surface area contributed by atoms with Gasteiger partial charge in [-0.1, -0.05) is 76.5 Å². The molecule has 0 saturated heterocycles. The average molecular weight is 327 g/mol. The van der Waals surface area contributed by atoms with Crippen LogP contribution >= 0.6 is 0 Å². The van der Waals surface area contributed by atoms with E-state index in [1.54, 1.807) is 10.8 Å². The molecule has 0 fully saturated rings. The van der Waals surface area contributed by atoms with E-state index < -0.39 is 0 Å². The van der Waals surface area contributed by atoms with Crippen molar-refractivity contribution in [2.75, 3.05) is 0 Å². The summed E-state index contributed by atoms with van der Waals surface area (Å²) in [5, 5.41) is 0.855. The number of unbranched alkanes of at least 4 members (excludes halogenated alkanes) is 8. The van der Waals surface area contributed by atoms with Crippen LogP contribution in [-0.2, 0) is 0 Å². The number of aromatic nitrogens is 1. The molecule has 3 nitrogen and oxygen atoms in total. The third-order valence-corrected chi connectivity index (χ3v) is 4.63. The standard InChI is InChI=1S/C21H29NO2/c1-2-3-4-5-6-7-8-9-10-15-21(24)22-16-18(17-23)19-13-11-12-14-20(19)22/h11-14,16-17H,2-10,15H2,1H3. The van der Waals surface area contributed by atoms with E-state index in [4.69, 9.17) is 0 Å². The van der Waals surface area contributed by atoms with Gasteiger partial charge in [0.15, 0.2) is 6.29 Å². The molecule has 0 atom stereocenters. The van der Waals surface area contributed by atoms with Gasteiger partial charge in [-0.3, -0.25) is 14.2 Å². The summed E-state index contributed by atoms with van der Waals surface area (Å²) in [6.07, 6.45) is 14.2. The largest absolute Gasteiger partial charge is 0.298 e. The molecule has 0 bridgehead atoms. The third kappa shape index (κ3) is 5.05. The minimum absolute atomic E-state index is 0.0854. The van der Waals surface area contributed by atoms with Crippen LogP contribution in [0.25, 0.3) is 10.9 Å². The Morgan fingerprint density at radius 2 is 1.58 bits per heavy atom. The molecule has 1 aromatic carbocycles. The lowest BCUT2D eigenvalue weighted by Crippen LogP contribution is -2.08. The number of rotatable bonds is 11. The van der Waals surface area contributed by atoms with Crippen LogP contribution in [0.1, 0.15) is 86.3 Å². The molecule has 3 heteroatoms. The van der Waals surface area contributed by atoms with E-state index >= 15 is 0 Å². The number of benzene rings is 1.